The third-order valence-corrected chi connectivity index (χ3v) is 4.49. The van der Waals surface area contributed by atoms with E-state index in [2.05, 4.69) is 16.9 Å². The second-order valence-electron chi connectivity index (χ2n) is 4.27. The molecule has 0 radical (unpaired) electrons. The van der Waals surface area contributed by atoms with Gasteiger partial charge in [-0.15, -0.1) is 30.6 Å². The molecule has 6 nitrogen and oxygen atoms in total. The zero-order valence-electron chi connectivity index (χ0n) is 12.1. The minimum Gasteiger partial charge on any atom is -0.370 e. The van der Waals surface area contributed by atoms with Crippen LogP contribution in [0.3, 0.4) is 0 Å². The number of benzene rings is 1. The van der Waals surface area contributed by atoms with Gasteiger partial charge in [0.2, 0.25) is 10.0 Å². The molecule has 0 atom stereocenters. The van der Waals surface area contributed by atoms with E-state index in [0.29, 0.717) is 12.1 Å². The summed E-state index contributed by atoms with van der Waals surface area (Å²) >= 11 is 0. The highest BCUT2D eigenvalue weighted by atomic mass is 127. The molecule has 1 aromatic rings. The van der Waals surface area contributed by atoms with Gasteiger partial charge < -0.3 is 11.1 Å². The fourth-order valence-corrected chi connectivity index (χ4v) is 2.59. The van der Waals surface area contributed by atoms with E-state index in [-0.39, 0.29) is 41.4 Å². The molecule has 118 valence electrons. The first-order valence-electron chi connectivity index (χ1n) is 6.04. The normalized spacial score (nSPS) is 11.9. The highest BCUT2D eigenvalue weighted by molar-refractivity contribution is 14.0. The van der Waals surface area contributed by atoms with Gasteiger partial charge in [-0.05, 0) is 11.6 Å². The summed E-state index contributed by atoms with van der Waals surface area (Å²) in [7, 11) is -0.495. The van der Waals surface area contributed by atoms with Gasteiger partial charge in [-0.3, -0.25) is 0 Å². The fourth-order valence-electron chi connectivity index (χ4n) is 1.49. The van der Waals surface area contributed by atoms with Crippen LogP contribution in [0.4, 0.5) is 0 Å². The summed E-state index contributed by atoms with van der Waals surface area (Å²) < 4.78 is 25.5. The Morgan fingerprint density at radius 2 is 2.05 bits per heavy atom. The van der Waals surface area contributed by atoms with Crippen molar-refractivity contribution in [3.63, 3.8) is 0 Å². The van der Waals surface area contributed by atoms with Gasteiger partial charge in [-0.2, -0.15) is 0 Å². The molecule has 1 rings (SSSR count). The van der Waals surface area contributed by atoms with Crippen molar-refractivity contribution in [2.75, 3.05) is 20.6 Å². The second-order valence-corrected chi connectivity index (χ2v) is 6.39. The molecule has 0 saturated carbocycles. The number of nitrogens with two attached hydrogens (primary N) is 1. The average Bonchev–Trinajstić information content (AvgIpc) is 2.42. The van der Waals surface area contributed by atoms with Crippen LogP contribution in [0, 0.1) is 0 Å². The van der Waals surface area contributed by atoms with Gasteiger partial charge in [0.1, 0.15) is 0 Å². The molecular weight excluding hydrogens is 403 g/mol. The van der Waals surface area contributed by atoms with Crippen molar-refractivity contribution in [3.05, 3.63) is 42.5 Å². The zero-order chi connectivity index (χ0) is 15.2. The predicted molar refractivity (Wildman–Crippen MR) is 96.3 cm³/mol. The SMILES string of the molecule is C=CCNC(N)=NCc1ccccc1S(=O)(=O)N(C)C.I. The Morgan fingerprint density at radius 1 is 1.43 bits per heavy atom. The molecule has 21 heavy (non-hydrogen) atoms. The van der Waals surface area contributed by atoms with Crippen LogP contribution in [0.25, 0.3) is 0 Å². The maximum Gasteiger partial charge on any atom is 0.242 e. The minimum atomic E-state index is -3.49. The number of sulfonamides is 1. The summed E-state index contributed by atoms with van der Waals surface area (Å²) in [4.78, 5) is 4.36. The Balaban J connectivity index is 0.00000400. The van der Waals surface area contributed by atoms with Gasteiger partial charge in [0.25, 0.3) is 0 Å². The number of nitrogens with one attached hydrogen (secondary N) is 1. The van der Waals surface area contributed by atoms with Crippen LogP contribution in [0.15, 0.2) is 46.8 Å². The lowest BCUT2D eigenvalue weighted by Gasteiger charge is -2.14. The zero-order valence-corrected chi connectivity index (χ0v) is 15.3. The van der Waals surface area contributed by atoms with Crippen LogP contribution >= 0.6 is 24.0 Å². The van der Waals surface area contributed by atoms with Gasteiger partial charge in [0.15, 0.2) is 5.96 Å². The highest BCUT2D eigenvalue weighted by Gasteiger charge is 2.20. The minimum absolute atomic E-state index is 0. The average molecular weight is 424 g/mol. The van der Waals surface area contributed by atoms with Crippen molar-refractivity contribution >= 4 is 40.0 Å². The second kappa shape index (κ2) is 9.00. The molecule has 0 amide bonds. The monoisotopic (exact) mass is 424 g/mol. The summed E-state index contributed by atoms with van der Waals surface area (Å²) in [5.41, 5.74) is 6.26. The molecule has 0 aliphatic carbocycles. The van der Waals surface area contributed by atoms with Crippen LogP contribution < -0.4 is 11.1 Å². The molecule has 0 aromatic heterocycles. The number of halogens is 1. The Morgan fingerprint density at radius 3 is 2.62 bits per heavy atom. The largest absolute Gasteiger partial charge is 0.370 e. The number of hydrogen-bond acceptors (Lipinski definition) is 3. The predicted octanol–water partition coefficient (Wildman–Crippen LogP) is 1.15. The first kappa shape index (κ1) is 19.9. The van der Waals surface area contributed by atoms with Gasteiger partial charge in [-0.25, -0.2) is 17.7 Å². The number of nitrogens with zero attached hydrogens (tertiary/aromatic N) is 2. The molecular formula is C13H21IN4O2S. The third-order valence-electron chi connectivity index (χ3n) is 2.58. The van der Waals surface area contributed by atoms with Crippen molar-refractivity contribution in [1.82, 2.24) is 9.62 Å². The molecule has 0 aliphatic heterocycles. The van der Waals surface area contributed by atoms with E-state index in [1.165, 1.54) is 18.4 Å². The molecule has 3 N–H and O–H groups in total. The van der Waals surface area contributed by atoms with Crippen molar-refractivity contribution in [2.24, 2.45) is 10.7 Å². The van der Waals surface area contributed by atoms with Gasteiger partial charge in [-0.1, -0.05) is 24.3 Å². The summed E-state index contributed by atoms with van der Waals surface area (Å²) in [6.07, 6.45) is 1.66. The van der Waals surface area contributed by atoms with Crippen LogP contribution in [0.5, 0.6) is 0 Å². The van der Waals surface area contributed by atoms with E-state index >= 15 is 0 Å². The maximum absolute atomic E-state index is 12.2. The molecule has 0 saturated heterocycles. The van der Waals surface area contributed by atoms with E-state index < -0.39 is 10.0 Å². The van der Waals surface area contributed by atoms with Crippen LogP contribution in [-0.2, 0) is 16.6 Å². The fraction of sp³-hybridized carbons (Fsp3) is 0.308. The van der Waals surface area contributed by atoms with Crippen molar-refractivity contribution in [3.8, 4) is 0 Å². The maximum atomic E-state index is 12.2. The van der Waals surface area contributed by atoms with Crippen molar-refractivity contribution < 1.29 is 8.42 Å². The van der Waals surface area contributed by atoms with E-state index in [4.69, 9.17) is 5.73 Å². The lowest BCUT2D eigenvalue weighted by molar-refractivity contribution is 0.519. The molecule has 0 heterocycles. The third kappa shape index (κ3) is 5.64. The molecule has 0 bridgehead atoms. The summed E-state index contributed by atoms with van der Waals surface area (Å²) in [6.45, 7) is 4.26. The molecule has 8 heteroatoms. The van der Waals surface area contributed by atoms with E-state index in [1.54, 1.807) is 30.3 Å². The molecule has 0 unspecified atom stereocenters. The van der Waals surface area contributed by atoms with Crippen LogP contribution in [0.1, 0.15) is 5.56 Å². The first-order chi connectivity index (χ1) is 9.39. The van der Waals surface area contributed by atoms with Crippen molar-refractivity contribution in [2.45, 2.75) is 11.4 Å². The number of rotatable bonds is 6. The number of guanidine groups is 1. The molecule has 0 spiro atoms. The molecule has 0 fully saturated rings. The smallest absolute Gasteiger partial charge is 0.242 e. The summed E-state index contributed by atoms with van der Waals surface area (Å²) in [6, 6.07) is 6.74. The van der Waals surface area contributed by atoms with Gasteiger partial charge in [0, 0.05) is 20.6 Å². The molecule has 0 aliphatic rings. The van der Waals surface area contributed by atoms with Crippen LogP contribution in [-0.4, -0.2) is 39.3 Å². The number of hydrogen-bond donors (Lipinski definition) is 2. The van der Waals surface area contributed by atoms with Crippen LogP contribution in [0.2, 0.25) is 0 Å². The van der Waals surface area contributed by atoms with E-state index in [1.807, 2.05) is 0 Å². The Hall–Kier alpha value is -1.13. The van der Waals surface area contributed by atoms with Gasteiger partial charge >= 0.3 is 0 Å². The summed E-state index contributed by atoms with van der Waals surface area (Å²) in [5.74, 6) is 0.252. The summed E-state index contributed by atoms with van der Waals surface area (Å²) in [5, 5.41) is 2.83. The van der Waals surface area contributed by atoms with E-state index in [9.17, 15) is 8.42 Å². The first-order valence-corrected chi connectivity index (χ1v) is 7.48. The number of aliphatic imine (C=N–C) groups is 1. The van der Waals surface area contributed by atoms with Gasteiger partial charge in [0.05, 0.1) is 11.4 Å². The Bertz CT molecular complexity index is 600. The quantitative estimate of drug-likeness (QED) is 0.311. The standard InChI is InChI=1S/C13H20N4O2S.HI/c1-4-9-15-13(14)16-10-11-7-5-6-8-12(11)20(18,19)17(2)3;/h4-8H,1,9-10H2,2-3H3,(H3,14,15,16);1H. The highest BCUT2D eigenvalue weighted by Crippen LogP contribution is 2.19. The lowest BCUT2D eigenvalue weighted by atomic mass is 10.2. The van der Waals surface area contributed by atoms with E-state index in [0.717, 1.165) is 0 Å². The topological polar surface area (TPSA) is 87.8 Å². The molecule has 1 aromatic carbocycles. The Kier molecular flexibility index (Phi) is 8.52. The lowest BCUT2D eigenvalue weighted by Crippen LogP contribution is -2.31. The van der Waals surface area contributed by atoms with Crippen molar-refractivity contribution in [1.29, 1.82) is 0 Å². The Labute approximate surface area is 143 Å².